The smallest absolute Gasteiger partial charge is 0.302 e. The molecule has 9 N–H and O–H groups in total. The van der Waals surface area contributed by atoms with Gasteiger partial charge in [-0.3, -0.25) is 14.4 Å². The number of fused-ring (bicyclic) bond motifs is 2. The molecule has 0 amide bonds. The summed E-state index contributed by atoms with van der Waals surface area (Å²) in [7, 11) is 1.26. The second-order valence-corrected chi connectivity index (χ2v) is 21.8. The summed E-state index contributed by atoms with van der Waals surface area (Å²) in [5, 5.41) is 101. The van der Waals surface area contributed by atoms with Crippen molar-refractivity contribution in [2.45, 2.75) is 242 Å². The molecule has 8 rings (SSSR count). The monoisotopic (exact) mass is 1100 g/mol. The van der Waals surface area contributed by atoms with Gasteiger partial charge in [0.1, 0.15) is 66.1 Å². The molecule has 5 aliphatic heterocycles. The number of Topliss-reactive ketones (excluding diaryl/α,β-unsaturated/α-hetero) is 2. The molecule has 6 aliphatic rings. The van der Waals surface area contributed by atoms with Crippen molar-refractivity contribution in [2.75, 3.05) is 7.11 Å². The number of methoxy groups -OCH3 is 1. The molecule has 6 unspecified atom stereocenters. The van der Waals surface area contributed by atoms with Gasteiger partial charge < -0.3 is 103 Å². The second-order valence-electron chi connectivity index (χ2n) is 21.8. The van der Waals surface area contributed by atoms with Crippen LogP contribution in [0.15, 0.2) is 12.1 Å². The number of carbonyl (C=O) groups excluding carboxylic acids is 3. The molecule has 24 heteroatoms. The highest BCUT2D eigenvalue weighted by Crippen LogP contribution is 2.48. The highest BCUT2D eigenvalue weighted by molar-refractivity contribution is 6.11. The maximum Gasteiger partial charge on any atom is 0.302 e. The van der Waals surface area contributed by atoms with Gasteiger partial charge in [0, 0.05) is 57.6 Å². The van der Waals surface area contributed by atoms with E-state index < -0.39 is 176 Å². The van der Waals surface area contributed by atoms with Crippen molar-refractivity contribution in [2.24, 2.45) is 5.92 Å². The van der Waals surface area contributed by atoms with Crippen molar-refractivity contribution in [1.29, 1.82) is 0 Å². The predicted octanol–water partition coefficient (Wildman–Crippen LogP) is 0.961. The molecule has 77 heavy (non-hydrogen) atoms. The van der Waals surface area contributed by atoms with Crippen molar-refractivity contribution >= 4 is 28.3 Å². The third-order valence-electron chi connectivity index (χ3n) is 15.9. The molecule has 432 valence electrons. The van der Waals surface area contributed by atoms with E-state index in [2.05, 4.69) is 0 Å². The molecule has 2 aromatic carbocycles. The van der Waals surface area contributed by atoms with Gasteiger partial charge in [0.15, 0.2) is 36.7 Å². The zero-order valence-corrected chi connectivity index (χ0v) is 44.8. The van der Waals surface area contributed by atoms with Crippen LogP contribution in [0, 0.1) is 12.8 Å². The minimum Gasteiger partial charge on any atom is -0.507 e. The van der Waals surface area contributed by atoms with Crippen LogP contribution in [0.5, 0.6) is 17.2 Å². The fourth-order valence-corrected chi connectivity index (χ4v) is 11.5. The lowest BCUT2D eigenvalue weighted by molar-refractivity contribution is -0.334. The maximum absolute atomic E-state index is 15.0. The molecule has 5 saturated heterocycles. The number of rotatable bonds is 15. The molecule has 24 atom stereocenters. The Labute approximate surface area is 445 Å². The lowest BCUT2D eigenvalue weighted by Gasteiger charge is -2.46. The number of aromatic hydroxyl groups is 2. The third kappa shape index (κ3) is 12.4. The van der Waals surface area contributed by atoms with Gasteiger partial charge in [-0.1, -0.05) is 0 Å². The van der Waals surface area contributed by atoms with Crippen LogP contribution in [0.1, 0.15) is 109 Å². The number of aliphatic hydroxyl groups excluding tert-OH is 6. The van der Waals surface area contributed by atoms with Gasteiger partial charge in [-0.05, 0) is 84.9 Å². The van der Waals surface area contributed by atoms with Crippen LogP contribution in [-0.2, 0) is 68.1 Å². The summed E-state index contributed by atoms with van der Waals surface area (Å²) < 4.78 is 72.2. The van der Waals surface area contributed by atoms with Crippen LogP contribution in [0.25, 0.3) is 10.8 Å². The molecule has 0 bridgehead atoms. The Kier molecular flexibility index (Phi) is 18.3. The van der Waals surface area contributed by atoms with E-state index in [1.165, 1.54) is 33.9 Å². The molecule has 5 fully saturated rings. The zero-order chi connectivity index (χ0) is 56.3. The highest BCUT2D eigenvalue weighted by Gasteiger charge is 2.51. The average molecular weight is 1100 g/mol. The van der Waals surface area contributed by atoms with E-state index in [4.69, 9.17) is 56.8 Å². The molecule has 2 aromatic rings. The zero-order valence-electron chi connectivity index (χ0n) is 44.8. The van der Waals surface area contributed by atoms with E-state index in [0.29, 0.717) is 0 Å². The lowest BCUT2D eigenvalue weighted by Crippen LogP contribution is -2.58. The van der Waals surface area contributed by atoms with Crippen molar-refractivity contribution in [3.05, 3.63) is 28.8 Å². The quantitative estimate of drug-likeness (QED) is 0.112. The Bertz CT molecular complexity index is 2440. The Morgan fingerprint density at radius 3 is 1.65 bits per heavy atom. The van der Waals surface area contributed by atoms with Gasteiger partial charge in [-0.25, -0.2) is 0 Å². The molecular weight excluding hydrogens is 1020 g/mol. The van der Waals surface area contributed by atoms with E-state index in [0.717, 1.165) is 6.92 Å². The summed E-state index contributed by atoms with van der Waals surface area (Å²) in [5.41, 5.74) is -1.34. The third-order valence-corrected chi connectivity index (χ3v) is 15.9. The van der Waals surface area contributed by atoms with E-state index in [1.54, 1.807) is 40.7 Å². The molecule has 0 aromatic heterocycles. The Morgan fingerprint density at radius 1 is 0.675 bits per heavy atom. The summed E-state index contributed by atoms with van der Waals surface area (Å²) in [6.45, 7) is 13.3. The van der Waals surface area contributed by atoms with E-state index in [1.807, 2.05) is 0 Å². The van der Waals surface area contributed by atoms with Gasteiger partial charge in [-0.2, -0.15) is 0 Å². The summed E-state index contributed by atoms with van der Waals surface area (Å²) >= 11 is 0. The molecule has 5 heterocycles. The average Bonchev–Trinajstić information content (AvgIpc) is 3.37. The van der Waals surface area contributed by atoms with Crippen LogP contribution in [0.2, 0.25) is 0 Å². The van der Waals surface area contributed by atoms with Crippen LogP contribution in [0.3, 0.4) is 0 Å². The fourth-order valence-electron chi connectivity index (χ4n) is 11.5. The topological polar surface area (TPSA) is 344 Å². The Balaban J connectivity index is 1.02. The number of ketones is 2. The predicted molar refractivity (Wildman–Crippen MR) is 262 cm³/mol. The standard InChI is InChI=1S/C53H76O24/c1-19-30(73-35-15-32(45(59)22(4)67-35)74-36-14-31(72-26(8)55)44(58)21(3)68-36)13-28-11-27-12-29(50(66-10)43(57)20(2)54)51(49(63)41(27)48(62)40(28)42(19)56)77-38-17-33(46(60)24(6)70-38)75-37-16-34(47(61)23(5)69-37)76-39-18-53(9,65)52(64)25(7)71-39/h11,13,21-25,29,31-39,43-47,50-52,56-62,64-65H,12,14-18H2,1-10H3/t21?,22?,23?,24?,25?,29-,31+,32?,33+,34+,35-,36-,37-,38-,39-,43-,44+,45+,46+,47-,50-,51-,52+,53-/m0/s1. The number of hydrogen-bond donors (Lipinski definition) is 9. The summed E-state index contributed by atoms with van der Waals surface area (Å²) in [4.78, 5) is 39.5. The van der Waals surface area contributed by atoms with Gasteiger partial charge in [-0.15, -0.1) is 0 Å². The number of esters is 1. The molecule has 1 aliphatic carbocycles. The molecular formula is C53H76O24. The van der Waals surface area contributed by atoms with Crippen LogP contribution < -0.4 is 4.74 Å². The van der Waals surface area contributed by atoms with E-state index in [-0.39, 0.29) is 71.7 Å². The van der Waals surface area contributed by atoms with Crippen molar-refractivity contribution in [3.63, 3.8) is 0 Å². The number of hydrogen-bond acceptors (Lipinski definition) is 24. The number of phenols is 2. The first-order valence-electron chi connectivity index (χ1n) is 26.3. The largest absolute Gasteiger partial charge is 0.507 e. The van der Waals surface area contributed by atoms with Crippen molar-refractivity contribution in [3.8, 4) is 17.2 Å². The minimum atomic E-state index is -1.73. The maximum atomic E-state index is 15.0. The number of benzene rings is 2. The van der Waals surface area contributed by atoms with Crippen molar-refractivity contribution in [1.82, 2.24) is 0 Å². The highest BCUT2D eigenvalue weighted by atomic mass is 16.7. The Morgan fingerprint density at radius 2 is 1.14 bits per heavy atom. The van der Waals surface area contributed by atoms with E-state index >= 15 is 0 Å². The SMILES string of the molecule is CO[C@@H]([C@@H]1Cc2cc3cc(O[C@H]4CC(O[C@H]5C[C@@H](OC(C)=O)[C@H](O)C(C)O5)[C@H](O)C(C)O4)c(C)c(O)c3c(O)c2C(=O)[C@H]1O[C@H]1C[C@@H](O[C@H]2C[C@@H](O[C@H]3C[C@](C)(O)[C@H](O)C(C)O3)[C@@H](O)C(C)O2)[C@H](O)C(C)O1)[C@@H](O)C(C)=O. The first-order valence-corrected chi connectivity index (χ1v) is 26.3. The summed E-state index contributed by atoms with van der Waals surface area (Å²) in [6, 6.07) is 3.09. The van der Waals surface area contributed by atoms with Crippen LogP contribution in [-0.4, -0.2) is 211 Å². The van der Waals surface area contributed by atoms with Gasteiger partial charge in [0.05, 0.1) is 71.5 Å². The van der Waals surface area contributed by atoms with E-state index in [9.17, 15) is 60.3 Å². The molecule has 24 nitrogen and oxygen atoms in total. The minimum absolute atomic E-state index is 0.0120. The number of phenolic OH excluding ortho intramolecular Hbond substituents is 2. The normalized spacial score (nSPS) is 41.6. The number of ether oxygens (including phenoxy) is 12. The van der Waals surface area contributed by atoms with Crippen LogP contribution in [0.4, 0.5) is 0 Å². The first kappa shape index (κ1) is 59.4. The van der Waals surface area contributed by atoms with Crippen LogP contribution >= 0.6 is 0 Å². The van der Waals surface area contributed by atoms with Crippen molar-refractivity contribution < 1.29 is 117 Å². The second kappa shape index (κ2) is 23.7. The first-order chi connectivity index (χ1) is 36.2. The molecule has 0 saturated carbocycles. The Hall–Kier alpha value is -3.77. The van der Waals surface area contributed by atoms with Gasteiger partial charge >= 0.3 is 5.97 Å². The molecule has 0 spiro atoms. The number of carbonyl (C=O) groups is 3. The number of aliphatic hydroxyl groups is 7. The fraction of sp³-hybridized carbons (Fsp3) is 0.755. The lowest BCUT2D eigenvalue weighted by atomic mass is 9.75. The van der Waals surface area contributed by atoms with Gasteiger partial charge in [0.2, 0.25) is 6.29 Å². The molecule has 0 radical (unpaired) electrons. The summed E-state index contributed by atoms with van der Waals surface area (Å²) in [5.74, 6) is -4.07. The summed E-state index contributed by atoms with van der Waals surface area (Å²) in [6.07, 6.45) is -24.3. The van der Waals surface area contributed by atoms with Gasteiger partial charge in [0.25, 0.3) is 0 Å².